The van der Waals surface area contributed by atoms with Gasteiger partial charge in [0.25, 0.3) is 11.4 Å². The number of hydrazone groups is 1. The van der Waals surface area contributed by atoms with Crippen molar-refractivity contribution < 1.29 is 62.2 Å². The Morgan fingerprint density at radius 3 is 1.53 bits per heavy atom. The highest BCUT2D eigenvalue weighted by atomic mass is 35.5. The zero-order valence-electron chi connectivity index (χ0n) is 32.8. The second-order valence-corrected chi connectivity index (χ2v) is 13.4. The molecule has 0 spiro atoms. The number of ether oxygens (including phenoxy) is 6. The number of nitro groups is 2. The third kappa shape index (κ3) is 11.5. The Balaban J connectivity index is 0.000000450. The fourth-order valence-corrected chi connectivity index (χ4v) is 5.99. The number of carbonyl (C=O) groups excluding carboxylic acids is 5. The molecule has 4 unspecified atom stereocenters. The van der Waals surface area contributed by atoms with Gasteiger partial charge in [0.2, 0.25) is 0 Å². The molecular formula is C43H32ClN5O15. The summed E-state index contributed by atoms with van der Waals surface area (Å²) < 4.78 is 33.5. The maximum absolute atomic E-state index is 13.4. The van der Waals surface area contributed by atoms with E-state index < -0.39 is 70.4 Å². The quantitative estimate of drug-likeness (QED) is 0.0387. The van der Waals surface area contributed by atoms with Crippen molar-refractivity contribution in [2.75, 3.05) is 6.61 Å². The van der Waals surface area contributed by atoms with Gasteiger partial charge in [-0.2, -0.15) is 5.10 Å². The monoisotopic (exact) mass is 893 g/mol. The predicted octanol–water partition coefficient (Wildman–Crippen LogP) is 7.49. The highest BCUT2D eigenvalue weighted by molar-refractivity contribution is 6.61. The summed E-state index contributed by atoms with van der Waals surface area (Å²) in [5.74, 6) is -2.18. The maximum atomic E-state index is 13.4. The summed E-state index contributed by atoms with van der Waals surface area (Å²) in [5, 5.41) is 26.1. The molecule has 64 heavy (non-hydrogen) atoms. The standard InChI is InChI=1S/C36H28N4O11.C7H4ClNO4/c1-23-38(22-37-39(23)36(44)48-28-19-17-27(18-20-28)40(45)46)32-31(51-35(43)26-15-9-4-10-16-26)30(50-34(42)25-13-7-3-8-14-25)29(49-32)21-47-33(41)24-11-5-2-6-12-24;8-7(10)13-6-3-1-5(2-4-6)9(11)12/h2-20,22,29-32H,1,21H2;1-4H. The minimum absolute atomic E-state index is 0.00739. The van der Waals surface area contributed by atoms with Gasteiger partial charge < -0.3 is 28.4 Å². The van der Waals surface area contributed by atoms with Gasteiger partial charge in [0.05, 0.1) is 26.5 Å². The number of hydrogen-bond acceptors (Lipinski definition) is 17. The number of nitrogens with zero attached hydrogens (tertiary/aromatic N) is 5. The van der Waals surface area contributed by atoms with E-state index in [0.29, 0.717) is 0 Å². The lowest BCUT2D eigenvalue weighted by Gasteiger charge is -2.29. The molecule has 2 heterocycles. The number of non-ortho nitro benzene ring substituents is 2. The summed E-state index contributed by atoms with van der Waals surface area (Å²) in [5.41, 5.74) is -0.611. The van der Waals surface area contributed by atoms with Crippen LogP contribution in [0.2, 0.25) is 0 Å². The van der Waals surface area contributed by atoms with Gasteiger partial charge >= 0.3 is 29.4 Å². The average Bonchev–Trinajstić information content (AvgIpc) is 3.85. The van der Waals surface area contributed by atoms with Crippen molar-refractivity contribution in [1.82, 2.24) is 9.91 Å². The molecule has 0 saturated carbocycles. The summed E-state index contributed by atoms with van der Waals surface area (Å²) in [6, 6.07) is 34.2. The molecule has 1 saturated heterocycles. The van der Waals surface area contributed by atoms with Crippen LogP contribution in [-0.4, -0.2) is 86.7 Å². The van der Waals surface area contributed by atoms with E-state index in [9.17, 15) is 44.2 Å². The highest BCUT2D eigenvalue weighted by Crippen LogP contribution is 2.34. The molecule has 2 aliphatic heterocycles. The van der Waals surface area contributed by atoms with Crippen molar-refractivity contribution in [3.8, 4) is 11.5 Å². The van der Waals surface area contributed by atoms with E-state index in [1.807, 2.05) is 0 Å². The molecule has 0 aromatic heterocycles. The molecule has 0 N–H and O–H groups in total. The van der Waals surface area contributed by atoms with E-state index in [-0.39, 0.29) is 45.4 Å². The fraction of sp³-hybridized carbons (Fsp3) is 0.116. The molecule has 1 amide bonds. The van der Waals surface area contributed by atoms with Gasteiger partial charge in [-0.15, -0.1) is 5.01 Å². The number of hydrogen-bond donors (Lipinski definition) is 0. The van der Waals surface area contributed by atoms with Crippen molar-refractivity contribution in [3.05, 3.63) is 189 Å². The van der Waals surface area contributed by atoms with E-state index in [1.165, 1.54) is 71.9 Å². The first-order chi connectivity index (χ1) is 30.8. The van der Waals surface area contributed by atoms with Gasteiger partial charge in [0, 0.05) is 35.9 Å². The summed E-state index contributed by atoms with van der Waals surface area (Å²) in [6.45, 7) is 3.50. The second kappa shape index (κ2) is 20.9. The van der Waals surface area contributed by atoms with Crippen molar-refractivity contribution >= 4 is 58.7 Å². The largest absolute Gasteiger partial charge is 0.459 e. The van der Waals surface area contributed by atoms with Crippen LogP contribution in [0.1, 0.15) is 31.1 Å². The number of carbonyl (C=O) groups is 5. The molecule has 2 aliphatic rings. The van der Waals surface area contributed by atoms with Crippen LogP contribution >= 0.6 is 11.6 Å². The Morgan fingerprint density at radius 2 is 1.08 bits per heavy atom. The first-order valence-electron chi connectivity index (χ1n) is 18.6. The summed E-state index contributed by atoms with van der Waals surface area (Å²) in [7, 11) is 0. The van der Waals surface area contributed by atoms with Crippen LogP contribution in [0, 0.1) is 20.2 Å². The molecule has 4 atom stereocenters. The molecule has 5 aromatic carbocycles. The Morgan fingerprint density at radius 1 is 0.641 bits per heavy atom. The van der Waals surface area contributed by atoms with Crippen molar-refractivity contribution in [2.45, 2.75) is 24.5 Å². The average molecular weight is 894 g/mol. The number of amides is 1. The Bertz CT molecular complexity index is 2550. The Labute approximate surface area is 366 Å². The number of halogens is 1. The van der Waals surface area contributed by atoms with E-state index >= 15 is 0 Å². The van der Waals surface area contributed by atoms with Crippen LogP contribution in [0.15, 0.2) is 157 Å². The summed E-state index contributed by atoms with van der Waals surface area (Å²) >= 11 is 4.92. The van der Waals surface area contributed by atoms with Crippen LogP contribution < -0.4 is 9.47 Å². The minimum atomic E-state index is -1.39. The van der Waals surface area contributed by atoms with Gasteiger partial charge in [-0.1, -0.05) is 61.2 Å². The molecule has 20 nitrogen and oxygen atoms in total. The number of rotatable bonds is 12. The van der Waals surface area contributed by atoms with Crippen molar-refractivity contribution in [3.63, 3.8) is 0 Å². The summed E-state index contributed by atoms with van der Waals surface area (Å²) in [6.07, 6.45) is -5.10. The SMILES string of the molecule is C=C1N(C(=O)Oc2ccc([N+](=O)[O-])cc2)N=CN1C1OC(COC(=O)c2ccccc2)C(OC(=O)c2ccccc2)C1OC(=O)c1ccccc1.O=C(Cl)Oc1ccc([N+](=O)[O-])cc1. The lowest BCUT2D eigenvalue weighted by atomic mass is 10.1. The van der Waals surface area contributed by atoms with Gasteiger partial charge in [0.15, 0.2) is 18.4 Å². The fourth-order valence-electron chi connectivity index (χ4n) is 5.90. The molecule has 1 fully saturated rings. The van der Waals surface area contributed by atoms with Crippen LogP contribution in [0.4, 0.5) is 21.0 Å². The molecule has 21 heteroatoms. The van der Waals surface area contributed by atoms with E-state index in [1.54, 1.807) is 66.7 Å². The lowest BCUT2D eigenvalue weighted by molar-refractivity contribution is -0.385. The number of benzene rings is 5. The molecular weight excluding hydrogens is 862 g/mol. The lowest BCUT2D eigenvalue weighted by Crippen LogP contribution is -2.47. The third-order valence-electron chi connectivity index (χ3n) is 8.96. The Hall–Kier alpha value is -8.49. The van der Waals surface area contributed by atoms with Gasteiger partial charge in [-0.3, -0.25) is 25.1 Å². The molecule has 0 radical (unpaired) electrons. The molecule has 5 aromatic rings. The van der Waals surface area contributed by atoms with Gasteiger partial charge in [-0.25, -0.2) is 24.0 Å². The number of esters is 3. The van der Waals surface area contributed by atoms with Crippen LogP contribution in [-0.2, 0) is 18.9 Å². The number of nitro benzene ring substituents is 2. The topological polar surface area (TPSA) is 246 Å². The zero-order chi connectivity index (χ0) is 45.8. The third-order valence-corrected chi connectivity index (χ3v) is 9.04. The van der Waals surface area contributed by atoms with Crippen molar-refractivity contribution in [2.24, 2.45) is 5.10 Å². The van der Waals surface area contributed by atoms with Crippen LogP contribution in [0.3, 0.4) is 0 Å². The Kier molecular flexibility index (Phi) is 14.7. The van der Waals surface area contributed by atoms with Gasteiger partial charge in [0.1, 0.15) is 36.4 Å². The summed E-state index contributed by atoms with van der Waals surface area (Å²) in [4.78, 5) is 84.4. The smallest absolute Gasteiger partial charge is 0.442 e. The van der Waals surface area contributed by atoms with E-state index in [2.05, 4.69) is 16.4 Å². The first kappa shape index (κ1) is 45.0. The van der Waals surface area contributed by atoms with E-state index in [0.717, 1.165) is 17.1 Å². The van der Waals surface area contributed by atoms with Crippen molar-refractivity contribution in [1.29, 1.82) is 0 Å². The van der Waals surface area contributed by atoms with Gasteiger partial charge in [-0.05, 0) is 60.7 Å². The zero-order valence-corrected chi connectivity index (χ0v) is 33.6. The first-order valence-corrected chi connectivity index (χ1v) is 19.0. The van der Waals surface area contributed by atoms with Crippen LogP contribution in [0.5, 0.6) is 11.5 Å². The predicted molar refractivity (Wildman–Crippen MR) is 222 cm³/mol. The molecule has 0 bridgehead atoms. The minimum Gasteiger partial charge on any atom is -0.459 e. The van der Waals surface area contributed by atoms with Crippen LogP contribution in [0.25, 0.3) is 0 Å². The maximum Gasteiger partial charge on any atom is 0.442 e. The second-order valence-electron chi connectivity index (χ2n) is 13.1. The molecule has 326 valence electrons. The van der Waals surface area contributed by atoms with E-state index in [4.69, 9.17) is 35.3 Å². The highest BCUT2D eigenvalue weighted by Gasteiger charge is 2.54. The normalized spacial score (nSPS) is 17.3. The molecule has 0 aliphatic carbocycles. The molecule has 7 rings (SSSR count).